The Bertz CT molecular complexity index is 411. The highest BCUT2D eigenvalue weighted by atomic mass is 16.1. The topological polar surface area (TPSA) is 55.1 Å². The minimum absolute atomic E-state index is 0.0408. The van der Waals surface area contributed by atoms with Crippen LogP contribution in [0.1, 0.15) is 37.8 Å². The first-order chi connectivity index (χ1) is 7.91. The summed E-state index contributed by atoms with van der Waals surface area (Å²) in [4.78, 5) is 11.8. The summed E-state index contributed by atoms with van der Waals surface area (Å²) in [7, 11) is 0. The minimum Gasteiger partial charge on any atom is -0.397 e. The summed E-state index contributed by atoms with van der Waals surface area (Å²) in [6.45, 7) is 8.21. The smallest absolute Gasteiger partial charge is 0.224 e. The van der Waals surface area contributed by atoms with E-state index in [2.05, 4.69) is 19.2 Å². The number of benzene rings is 1. The van der Waals surface area contributed by atoms with Gasteiger partial charge in [0.1, 0.15) is 0 Å². The molecule has 0 saturated carbocycles. The van der Waals surface area contributed by atoms with Crippen molar-refractivity contribution >= 4 is 17.3 Å². The van der Waals surface area contributed by atoms with E-state index in [1.54, 1.807) is 0 Å². The molecule has 1 aromatic carbocycles. The van der Waals surface area contributed by atoms with Gasteiger partial charge in [-0.15, -0.1) is 0 Å². The third-order valence-electron chi connectivity index (χ3n) is 2.98. The second kappa shape index (κ2) is 5.71. The van der Waals surface area contributed by atoms with Gasteiger partial charge in [-0.3, -0.25) is 4.79 Å². The van der Waals surface area contributed by atoms with Gasteiger partial charge in [0.25, 0.3) is 0 Å². The Balaban J connectivity index is 2.74. The quantitative estimate of drug-likeness (QED) is 0.786. The highest BCUT2D eigenvalue weighted by molar-refractivity contribution is 5.95. The van der Waals surface area contributed by atoms with Crippen LogP contribution in [0.3, 0.4) is 0 Å². The lowest BCUT2D eigenvalue weighted by Crippen LogP contribution is -2.14. The van der Waals surface area contributed by atoms with Gasteiger partial charge in [-0.1, -0.05) is 19.9 Å². The fourth-order valence-electron chi connectivity index (χ4n) is 1.62. The Morgan fingerprint density at radius 2 is 2.00 bits per heavy atom. The predicted molar refractivity (Wildman–Crippen MR) is 73.0 cm³/mol. The van der Waals surface area contributed by atoms with Gasteiger partial charge in [0.15, 0.2) is 0 Å². The number of carbonyl (C=O) groups is 1. The fourth-order valence-corrected chi connectivity index (χ4v) is 1.62. The molecule has 0 radical (unpaired) electrons. The molecule has 0 bridgehead atoms. The Morgan fingerprint density at radius 3 is 2.59 bits per heavy atom. The Morgan fingerprint density at radius 1 is 1.35 bits per heavy atom. The monoisotopic (exact) mass is 234 g/mol. The van der Waals surface area contributed by atoms with Gasteiger partial charge in [0.05, 0.1) is 11.4 Å². The molecule has 0 atom stereocenters. The van der Waals surface area contributed by atoms with Crippen LogP contribution in [0.5, 0.6) is 0 Å². The maximum atomic E-state index is 11.8. The molecule has 0 aliphatic carbocycles. The van der Waals surface area contributed by atoms with Crippen LogP contribution in [0.2, 0.25) is 0 Å². The lowest BCUT2D eigenvalue weighted by Gasteiger charge is -2.13. The van der Waals surface area contributed by atoms with Crippen LogP contribution >= 0.6 is 0 Å². The largest absolute Gasteiger partial charge is 0.397 e. The van der Waals surface area contributed by atoms with Crippen molar-refractivity contribution in [3.8, 4) is 0 Å². The molecule has 3 nitrogen and oxygen atoms in total. The maximum Gasteiger partial charge on any atom is 0.224 e. The molecular weight excluding hydrogens is 212 g/mol. The highest BCUT2D eigenvalue weighted by Gasteiger charge is 2.10. The number of carbonyl (C=O) groups excluding carboxylic acids is 1. The van der Waals surface area contributed by atoms with Crippen molar-refractivity contribution in [3.05, 3.63) is 23.3 Å². The average molecular weight is 234 g/mol. The summed E-state index contributed by atoms with van der Waals surface area (Å²) in [5.74, 6) is 0.579. The number of rotatable bonds is 4. The standard InChI is InChI=1S/C14H22N2O/c1-9(2)5-8-13(17)16-14-11(4)10(3)6-7-12(14)15/h6-7,9H,5,8,15H2,1-4H3,(H,16,17). The molecular formula is C14H22N2O. The van der Waals surface area contributed by atoms with Crippen LogP contribution in [0, 0.1) is 19.8 Å². The van der Waals surface area contributed by atoms with Gasteiger partial charge in [-0.2, -0.15) is 0 Å². The molecule has 0 aromatic heterocycles. The van der Waals surface area contributed by atoms with Gasteiger partial charge < -0.3 is 11.1 Å². The van der Waals surface area contributed by atoms with Gasteiger partial charge >= 0.3 is 0 Å². The van der Waals surface area contributed by atoms with Gasteiger partial charge in [0.2, 0.25) is 5.91 Å². The molecule has 0 heterocycles. The lowest BCUT2D eigenvalue weighted by atomic mass is 10.1. The van der Waals surface area contributed by atoms with Crippen molar-refractivity contribution in [3.63, 3.8) is 0 Å². The van der Waals surface area contributed by atoms with Crippen molar-refractivity contribution in [2.45, 2.75) is 40.5 Å². The molecule has 1 rings (SSSR count). The third-order valence-corrected chi connectivity index (χ3v) is 2.98. The molecule has 1 amide bonds. The van der Waals surface area contributed by atoms with Crippen LogP contribution < -0.4 is 11.1 Å². The van der Waals surface area contributed by atoms with Crippen LogP contribution in [-0.2, 0) is 4.79 Å². The normalized spacial score (nSPS) is 10.6. The van der Waals surface area contributed by atoms with Crippen molar-refractivity contribution < 1.29 is 4.79 Å². The first-order valence-corrected chi connectivity index (χ1v) is 6.07. The Labute approximate surface area is 103 Å². The van der Waals surface area contributed by atoms with E-state index in [0.29, 0.717) is 18.0 Å². The molecule has 0 aliphatic rings. The Hall–Kier alpha value is -1.51. The highest BCUT2D eigenvalue weighted by Crippen LogP contribution is 2.26. The average Bonchev–Trinajstić information content (AvgIpc) is 2.27. The van der Waals surface area contributed by atoms with Crippen molar-refractivity contribution in [1.29, 1.82) is 0 Å². The molecule has 0 spiro atoms. The summed E-state index contributed by atoms with van der Waals surface area (Å²) in [5.41, 5.74) is 9.45. The molecule has 0 aliphatic heterocycles. The minimum atomic E-state index is 0.0408. The summed E-state index contributed by atoms with van der Waals surface area (Å²) in [6, 6.07) is 3.80. The fraction of sp³-hybridized carbons (Fsp3) is 0.500. The third kappa shape index (κ3) is 3.77. The molecule has 3 N–H and O–H groups in total. The van der Waals surface area contributed by atoms with Gasteiger partial charge in [-0.25, -0.2) is 0 Å². The zero-order valence-corrected chi connectivity index (χ0v) is 11.1. The summed E-state index contributed by atoms with van der Waals surface area (Å²) < 4.78 is 0. The van der Waals surface area contributed by atoms with E-state index in [1.165, 1.54) is 0 Å². The number of hydrogen-bond donors (Lipinski definition) is 2. The molecule has 0 unspecified atom stereocenters. The molecule has 0 saturated heterocycles. The van der Waals surface area contributed by atoms with Crippen molar-refractivity contribution in [2.24, 2.45) is 5.92 Å². The molecule has 3 heteroatoms. The van der Waals surface area contributed by atoms with E-state index in [-0.39, 0.29) is 5.91 Å². The van der Waals surface area contributed by atoms with Gasteiger partial charge in [0, 0.05) is 6.42 Å². The summed E-state index contributed by atoms with van der Waals surface area (Å²) >= 11 is 0. The van der Waals surface area contributed by atoms with E-state index < -0.39 is 0 Å². The van der Waals surface area contributed by atoms with E-state index in [4.69, 9.17) is 5.73 Å². The van der Waals surface area contributed by atoms with E-state index in [9.17, 15) is 4.79 Å². The number of amides is 1. The van der Waals surface area contributed by atoms with Crippen LogP contribution in [0.15, 0.2) is 12.1 Å². The SMILES string of the molecule is Cc1ccc(N)c(NC(=O)CCC(C)C)c1C. The number of nitrogen functional groups attached to an aromatic ring is 1. The Kier molecular flexibility index (Phi) is 4.55. The van der Waals surface area contributed by atoms with Crippen LogP contribution in [0.25, 0.3) is 0 Å². The molecule has 0 fully saturated rings. The molecule has 17 heavy (non-hydrogen) atoms. The zero-order valence-electron chi connectivity index (χ0n) is 11.1. The van der Waals surface area contributed by atoms with Crippen LogP contribution in [0.4, 0.5) is 11.4 Å². The lowest BCUT2D eigenvalue weighted by molar-refractivity contribution is -0.116. The van der Waals surface area contributed by atoms with E-state index in [1.807, 2.05) is 26.0 Å². The zero-order chi connectivity index (χ0) is 13.0. The summed E-state index contributed by atoms with van der Waals surface area (Å²) in [6.07, 6.45) is 1.45. The first kappa shape index (κ1) is 13.6. The second-order valence-corrected chi connectivity index (χ2v) is 4.95. The number of nitrogens with one attached hydrogen (secondary N) is 1. The van der Waals surface area contributed by atoms with Crippen molar-refractivity contribution in [1.82, 2.24) is 0 Å². The van der Waals surface area contributed by atoms with E-state index >= 15 is 0 Å². The summed E-state index contributed by atoms with van der Waals surface area (Å²) in [5, 5.41) is 2.91. The number of nitrogens with two attached hydrogens (primary N) is 1. The van der Waals surface area contributed by atoms with Crippen molar-refractivity contribution in [2.75, 3.05) is 11.1 Å². The first-order valence-electron chi connectivity index (χ1n) is 6.07. The predicted octanol–water partition coefficient (Wildman–Crippen LogP) is 3.26. The molecule has 1 aromatic rings. The maximum absolute atomic E-state index is 11.8. The number of anilines is 2. The second-order valence-electron chi connectivity index (χ2n) is 4.95. The van der Waals surface area contributed by atoms with E-state index in [0.717, 1.165) is 23.2 Å². The van der Waals surface area contributed by atoms with Gasteiger partial charge in [-0.05, 0) is 43.4 Å². The number of hydrogen-bond acceptors (Lipinski definition) is 2. The molecule has 94 valence electrons. The number of aryl methyl sites for hydroxylation is 1. The van der Waals surface area contributed by atoms with Crippen LogP contribution in [-0.4, -0.2) is 5.91 Å².